The number of nitrogens with zero attached hydrogens (tertiary/aromatic N) is 4. The maximum atomic E-state index is 13.6. The Kier molecular flexibility index (Phi) is 9.91. The van der Waals surface area contributed by atoms with Crippen LogP contribution in [0.1, 0.15) is 16.7 Å². The average molecular weight is 567 g/mol. The molecule has 0 N–H and O–H groups in total. The number of esters is 1. The predicted molar refractivity (Wildman–Crippen MR) is 150 cm³/mol. The van der Waals surface area contributed by atoms with Crippen molar-refractivity contribution in [3.8, 4) is 11.3 Å². The number of rotatable bonds is 9. The molecule has 1 aromatic heterocycles. The largest absolute Gasteiger partial charge is 0.467 e. The van der Waals surface area contributed by atoms with E-state index in [1.807, 2.05) is 49.5 Å². The number of hydrogen-bond acceptors (Lipinski definition) is 6. The van der Waals surface area contributed by atoms with E-state index in [0.29, 0.717) is 12.1 Å². The van der Waals surface area contributed by atoms with Gasteiger partial charge in [-0.15, -0.1) is 0 Å². The number of amides is 1. The standard InChI is InChI=1S/C31H33F3N4O3/c1-36-17-19-37(20-18-36)22-28(30(40)41-2)38(21-24-6-11-25(12-7-24)27-5-3-4-16-35-27)29(39)15-10-23-8-13-26(14-9-23)31(32,33)34/h3-16,28H,17-22H2,1-2H3. The van der Waals surface area contributed by atoms with Gasteiger partial charge in [0.05, 0.1) is 18.4 Å². The number of aromatic nitrogens is 1. The maximum Gasteiger partial charge on any atom is 0.416 e. The van der Waals surface area contributed by atoms with E-state index in [0.717, 1.165) is 55.1 Å². The fraction of sp³-hybridized carbons (Fsp3) is 0.323. The van der Waals surface area contributed by atoms with Crippen LogP contribution in [-0.2, 0) is 27.0 Å². The topological polar surface area (TPSA) is 66.0 Å². The van der Waals surface area contributed by atoms with Gasteiger partial charge in [0.1, 0.15) is 6.04 Å². The predicted octanol–water partition coefficient (Wildman–Crippen LogP) is 4.60. The second-order valence-corrected chi connectivity index (χ2v) is 9.97. The third kappa shape index (κ3) is 8.25. The molecule has 1 amide bonds. The number of ether oxygens (including phenoxy) is 1. The van der Waals surface area contributed by atoms with Gasteiger partial charge in [-0.2, -0.15) is 13.2 Å². The molecule has 7 nitrogen and oxygen atoms in total. The number of pyridine rings is 1. The van der Waals surface area contributed by atoms with E-state index >= 15 is 0 Å². The fourth-order valence-corrected chi connectivity index (χ4v) is 4.61. The summed E-state index contributed by atoms with van der Waals surface area (Å²) in [5, 5.41) is 0. The van der Waals surface area contributed by atoms with Crippen LogP contribution in [0.25, 0.3) is 17.3 Å². The zero-order valence-electron chi connectivity index (χ0n) is 23.1. The Labute approximate surface area is 237 Å². The summed E-state index contributed by atoms with van der Waals surface area (Å²) in [5.41, 5.74) is 2.19. The molecule has 41 heavy (non-hydrogen) atoms. The monoisotopic (exact) mass is 566 g/mol. The first-order valence-corrected chi connectivity index (χ1v) is 13.3. The zero-order chi connectivity index (χ0) is 29.4. The minimum absolute atomic E-state index is 0.131. The van der Waals surface area contributed by atoms with Crippen molar-refractivity contribution in [1.82, 2.24) is 19.7 Å². The minimum atomic E-state index is -4.45. The Morgan fingerprint density at radius 3 is 2.27 bits per heavy atom. The molecule has 0 bridgehead atoms. The number of alkyl halides is 3. The summed E-state index contributed by atoms with van der Waals surface area (Å²) in [7, 11) is 3.33. The molecule has 4 rings (SSSR count). The second kappa shape index (κ2) is 13.6. The van der Waals surface area contributed by atoms with Gasteiger partial charge in [0.15, 0.2) is 0 Å². The molecule has 0 spiro atoms. The molecule has 1 aliphatic rings. The summed E-state index contributed by atoms with van der Waals surface area (Å²) in [6, 6.07) is 16.9. The molecule has 1 unspecified atom stereocenters. The van der Waals surface area contributed by atoms with Crippen molar-refractivity contribution in [3.05, 3.63) is 95.7 Å². The lowest BCUT2D eigenvalue weighted by Gasteiger charge is -2.37. The summed E-state index contributed by atoms with van der Waals surface area (Å²) < 4.78 is 44.0. The summed E-state index contributed by atoms with van der Waals surface area (Å²) in [6.45, 7) is 3.59. The number of hydrogen-bond donors (Lipinski definition) is 0. The third-order valence-corrected chi connectivity index (χ3v) is 7.08. The quantitative estimate of drug-likeness (QED) is 0.279. The summed E-state index contributed by atoms with van der Waals surface area (Å²) >= 11 is 0. The van der Waals surface area contributed by atoms with E-state index in [9.17, 15) is 22.8 Å². The van der Waals surface area contributed by atoms with Crippen LogP contribution in [0, 0.1) is 0 Å². The van der Waals surface area contributed by atoms with Crippen molar-refractivity contribution in [2.45, 2.75) is 18.8 Å². The van der Waals surface area contributed by atoms with Crippen LogP contribution in [0.15, 0.2) is 79.0 Å². The van der Waals surface area contributed by atoms with Gasteiger partial charge in [-0.05, 0) is 48.5 Å². The third-order valence-electron chi connectivity index (χ3n) is 7.08. The first-order valence-electron chi connectivity index (χ1n) is 13.3. The number of likely N-dealkylation sites (N-methyl/N-ethyl adjacent to an activating group) is 1. The number of methoxy groups -OCH3 is 1. The Morgan fingerprint density at radius 1 is 1.00 bits per heavy atom. The Hall–Kier alpha value is -4.02. The van der Waals surface area contributed by atoms with Gasteiger partial charge in [-0.3, -0.25) is 14.7 Å². The molecule has 1 saturated heterocycles. The van der Waals surface area contributed by atoms with E-state index in [1.54, 1.807) is 6.20 Å². The highest BCUT2D eigenvalue weighted by molar-refractivity contribution is 5.94. The van der Waals surface area contributed by atoms with E-state index in [1.165, 1.54) is 36.3 Å². The lowest BCUT2D eigenvalue weighted by molar-refractivity contribution is -0.153. The van der Waals surface area contributed by atoms with Gasteiger partial charge >= 0.3 is 12.1 Å². The number of halogens is 3. The number of carbonyl (C=O) groups is 2. The molecule has 1 aliphatic heterocycles. The smallest absolute Gasteiger partial charge is 0.416 e. The van der Waals surface area contributed by atoms with E-state index < -0.39 is 29.7 Å². The molecule has 216 valence electrons. The zero-order valence-corrected chi connectivity index (χ0v) is 23.1. The molecule has 10 heteroatoms. The molecule has 1 atom stereocenters. The molecule has 1 fully saturated rings. The summed E-state index contributed by atoms with van der Waals surface area (Å²) in [6.07, 6.45) is -0.00142. The molecule has 2 heterocycles. The summed E-state index contributed by atoms with van der Waals surface area (Å²) in [5.74, 6) is -0.992. The molecule has 3 aromatic rings. The molecule has 2 aromatic carbocycles. The van der Waals surface area contributed by atoms with Gasteiger partial charge in [0.25, 0.3) is 0 Å². The fourth-order valence-electron chi connectivity index (χ4n) is 4.61. The Morgan fingerprint density at radius 2 is 1.68 bits per heavy atom. The summed E-state index contributed by atoms with van der Waals surface area (Å²) in [4.78, 5) is 36.8. The van der Waals surface area contributed by atoms with Crippen molar-refractivity contribution < 1.29 is 27.5 Å². The van der Waals surface area contributed by atoms with Gasteiger partial charge in [-0.25, -0.2) is 4.79 Å². The Bertz CT molecular complexity index is 1320. The first-order chi connectivity index (χ1) is 19.6. The van der Waals surface area contributed by atoms with Crippen LogP contribution in [-0.4, -0.2) is 84.5 Å². The molecule has 0 aliphatic carbocycles. The SMILES string of the molecule is COC(=O)C(CN1CCN(C)CC1)N(Cc1ccc(-c2ccccn2)cc1)C(=O)C=Cc1ccc(C(F)(F)F)cc1. The van der Waals surface area contributed by atoms with Crippen LogP contribution >= 0.6 is 0 Å². The maximum absolute atomic E-state index is 13.6. The minimum Gasteiger partial charge on any atom is -0.467 e. The van der Waals surface area contributed by atoms with E-state index in [-0.39, 0.29) is 6.54 Å². The molecular formula is C31H33F3N4O3. The van der Waals surface area contributed by atoms with Gasteiger partial charge in [-0.1, -0.05) is 42.5 Å². The first kappa shape index (κ1) is 30.0. The highest BCUT2D eigenvalue weighted by Gasteiger charge is 2.33. The average Bonchev–Trinajstić information content (AvgIpc) is 2.98. The Balaban J connectivity index is 1.59. The van der Waals surface area contributed by atoms with Crippen molar-refractivity contribution in [2.75, 3.05) is 46.9 Å². The molecule has 0 saturated carbocycles. The van der Waals surface area contributed by atoms with Crippen molar-refractivity contribution in [1.29, 1.82) is 0 Å². The van der Waals surface area contributed by atoms with E-state index in [2.05, 4.69) is 14.8 Å². The van der Waals surface area contributed by atoms with Gasteiger partial charge in [0.2, 0.25) is 5.91 Å². The molecular weight excluding hydrogens is 533 g/mol. The van der Waals surface area contributed by atoms with Crippen LogP contribution < -0.4 is 0 Å². The van der Waals surface area contributed by atoms with Gasteiger partial charge in [0, 0.05) is 57.1 Å². The van der Waals surface area contributed by atoms with Crippen LogP contribution in [0.2, 0.25) is 0 Å². The van der Waals surface area contributed by atoms with Crippen molar-refractivity contribution >= 4 is 18.0 Å². The van der Waals surface area contributed by atoms with Crippen LogP contribution in [0.5, 0.6) is 0 Å². The van der Waals surface area contributed by atoms with Gasteiger partial charge < -0.3 is 14.5 Å². The lowest BCUT2D eigenvalue weighted by Crippen LogP contribution is -2.54. The number of benzene rings is 2. The normalized spacial score (nSPS) is 15.5. The molecule has 0 radical (unpaired) electrons. The van der Waals surface area contributed by atoms with E-state index in [4.69, 9.17) is 4.74 Å². The van der Waals surface area contributed by atoms with Crippen LogP contribution in [0.4, 0.5) is 13.2 Å². The highest BCUT2D eigenvalue weighted by Crippen LogP contribution is 2.29. The van der Waals surface area contributed by atoms with Crippen LogP contribution in [0.3, 0.4) is 0 Å². The highest BCUT2D eigenvalue weighted by atomic mass is 19.4. The second-order valence-electron chi connectivity index (χ2n) is 9.97. The number of carbonyl (C=O) groups excluding carboxylic acids is 2. The van der Waals surface area contributed by atoms with Crippen molar-refractivity contribution in [2.24, 2.45) is 0 Å². The number of piperazine rings is 1. The lowest BCUT2D eigenvalue weighted by atomic mass is 10.1. The van der Waals surface area contributed by atoms with Crippen molar-refractivity contribution in [3.63, 3.8) is 0 Å².